The first kappa shape index (κ1) is 51.7. The first-order valence-electron chi connectivity index (χ1n) is 29.4. The average molecular weight is 1010 g/mol. The van der Waals surface area contributed by atoms with Crippen LogP contribution in [0.3, 0.4) is 0 Å². The quantitative estimate of drug-likeness (QED) is 0.123. The molecule has 0 atom stereocenters. The number of hydrogen-bond donors (Lipinski definition) is 0. The van der Waals surface area contributed by atoms with Crippen molar-refractivity contribution in [2.75, 3.05) is 4.90 Å². The van der Waals surface area contributed by atoms with Crippen LogP contribution in [-0.2, 0) is 5.41 Å². The van der Waals surface area contributed by atoms with Gasteiger partial charge in [-0.2, -0.15) is 0 Å². The summed E-state index contributed by atoms with van der Waals surface area (Å²) in [5.41, 5.74) is 33.7. The van der Waals surface area contributed by atoms with Gasteiger partial charge in [-0.15, -0.1) is 0 Å². The van der Waals surface area contributed by atoms with Gasteiger partial charge < -0.3 is 4.90 Å². The zero-order valence-corrected chi connectivity index (χ0v) is 48.8. The molecule has 0 N–H and O–H groups in total. The lowest BCUT2D eigenvalue weighted by molar-refractivity contribution is 0.750. The minimum atomic E-state index is -0.471. The van der Waals surface area contributed by atoms with Crippen LogP contribution < -0.4 is 37.7 Å². The van der Waals surface area contributed by atoms with E-state index in [9.17, 15) is 0 Å². The third kappa shape index (κ3) is 8.03. The van der Waals surface area contributed by atoms with Gasteiger partial charge in [0.05, 0.1) is 16.8 Å². The lowest BCUT2D eigenvalue weighted by Crippen LogP contribution is -2.76. The van der Waals surface area contributed by atoms with Gasteiger partial charge in [0.15, 0.2) is 0 Å². The molecule has 2 heterocycles. The van der Waals surface area contributed by atoms with E-state index in [2.05, 4.69) is 278 Å². The van der Waals surface area contributed by atoms with E-state index in [1.165, 1.54) is 133 Å². The second-order valence-corrected chi connectivity index (χ2v) is 25.3. The van der Waals surface area contributed by atoms with Crippen LogP contribution in [0.2, 0.25) is 0 Å². The number of rotatable bonds is 10. The van der Waals surface area contributed by atoms with Crippen LogP contribution in [0.5, 0.6) is 0 Å². The molecule has 2 aliphatic heterocycles. The van der Waals surface area contributed by atoms with E-state index in [1.807, 2.05) is 0 Å². The van der Waals surface area contributed by atoms with Gasteiger partial charge in [0.25, 0.3) is 0 Å². The predicted molar refractivity (Wildman–Crippen MR) is 340 cm³/mol. The molecule has 9 aromatic rings. The van der Waals surface area contributed by atoms with Crippen molar-refractivity contribution in [2.45, 2.75) is 138 Å². The van der Waals surface area contributed by atoms with E-state index < -0.39 is 5.41 Å². The monoisotopic (exact) mass is 1010 g/mol. The van der Waals surface area contributed by atoms with Gasteiger partial charge in [-0.1, -0.05) is 279 Å². The molecule has 9 aromatic carbocycles. The van der Waals surface area contributed by atoms with Crippen molar-refractivity contribution in [3.63, 3.8) is 0 Å². The van der Waals surface area contributed by atoms with Crippen LogP contribution in [0.25, 0.3) is 22.3 Å². The van der Waals surface area contributed by atoms with Crippen molar-refractivity contribution in [1.29, 1.82) is 0 Å². The van der Waals surface area contributed by atoms with E-state index in [0.717, 1.165) is 5.69 Å². The summed E-state index contributed by atoms with van der Waals surface area (Å²) in [5.74, 6) is 2.30. The third-order valence-corrected chi connectivity index (χ3v) is 18.2. The Hall–Kier alpha value is -7.09. The summed E-state index contributed by atoms with van der Waals surface area (Å²) in [5, 5.41) is 0. The maximum absolute atomic E-state index is 2.63. The van der Waals surface area contributed by atoms with Crippen LogP contribution in [0.1, 0.15) is 185 Å². The Bertz CT molecular complexity index is 3670. The van der Waals surface area contributed by atoms with Crippen LogP contribution in [0.4, 0.5) is 17.1 Å². The molecule has 0 amide bonds. The Balaban J connectivity index is 1.11. The van der Waals surface area contributed by atoms with Crippen LogP contribution in [0.15, 0.2) is 176 Å². The molecule has 1 nitrogen and oxygen atoms in total. The molecule has 0 saturated heterocycles. The lowest BCUT2D eigenvalue weighted by atomic mass is 9.20. The van der Waals surface area contributed by atoms with Crippen molar-refractivity contribution in [2.24, 2.45) is 0 Å². The maximum atomic E-state index is 2.63. The molecule has 0 saturated carbocycles. The van der Waals surface area contributed by atoms with Crippen LogP contribution in [-0.4, -0.2) is 13.4 Å². The summed E-state index contributed by atoms with van der Waals surface area (Å²) in [6.45, 7) is 33.4. The van der Waals surface area contributed by atoms with Crippen LogP contribution >= 0.6 is 0 Å². The third-order valence-electron chi connectivity index (χ3n) is 18.2. The van der Waals surface area contributed by atoms with Gasteiger partial charge >= 0.3 is 0 Å². The SMILES string of the molecule is Cc1ccc2c(c1)C1(c3ccccc3-c3ccccc31)c1cc(C)ccc1N2c1cccc(-c2ccc3c(c2)B(c2c(C(C)C)cc(C(C)C)cc2C(C)C)c2ccccc2B3c2c(C(C)C)cc(C(C)C)cc2C(C)C)c1. The molecule has 78 heavy (non-hydrogen) atoms. The highest BCUT2D eigenvalue weighted by molar-refractivity contribution is 7.11. The zero-order valence-electron chi connectivity index (χ0n) is 48.8. The molecule has 0 fully saturated rings. The maximum Gasteiger partial charge on any atom is 0.240 e. The van der Waals surface area contributed by atoms with Gasteiger partial charge in [-0.05, 0) is 152 Å². The smallest absolute Gasteiger partial charge is 0.240 e. The highest BCUT2D eigenvalue weighted by Crippen LogP contribution is 2.63. The molecule has 1 spiro atoms. The summed E-state index contributed by atoms with van der Waals surface area (Å²) in [6, 6.07) is 69.6. The average Bonchev–Trinajstić information content (AvgIpc) is 3.69. The van der Waals surface area contributed by atoms with Crippen molar-refractivity contribution in [1.82, 2.24) is 0 Å². The highest BCUT2D eigenvalue weighted by atomic mass is 15.2. The number of hydrogen-bond acceptors (Lipinski definition) is 1. The second kappa shape index (κ2) is 19.7. The zero-order chi connectivity index (χ0) is 54.6. The minimum absolute atomic E-state index is 0.0483. The molecule has 388 valence electrons. The minimum Gasteiger partial charge on any atom is -0.310 e. The topological polar surface area (TPSA) is 3.24 Å². The van der Waals surface area contributed by atoms with Gasteiger partial charge in [-0.3, -0.25) is 0 Å². The van der Waals surface area contributed by atoms with Gasteiger partial charge in [-0.25, -0.2) is 0 Å². The van der Waals surface area contributed by atoms with E-state index in [4.69, 9.17) is 0 Å². The second-order valence-electron chi connectivity index (χ2n) is 25.3. The number of nitrogens with zero attached hydrogens (tertiary/aromatic N) is 1. The van der Waals surface area contributed by atoms with Crippen LogP contribution in [0, 0.1) is 13.8 Å². The molecule has 12 rings (SSSR count). The highest BCUT2D eigenvalue weighted by Gasteiger charge is 2.52. The van der Waals surface area contributed by atoms with Gasteiger partial charge in [0, 0.05) is 5.69 Å². The Morgan fingerprint density at radius 3 is 1.19 bits per heavy atom. The normalized spacial score (nSPS) is 14.0. The van der Waals surface area contributed by atoms with Crippen molar-refractivity contribution in [3.05, 3.63) is 243 Å². The fourth-order valence-corrected chi connectivity index (χ4v) is 14.4. The molecular weight excluding hydrogens is 936 g/mol. The predicted octanol–water partition coefficient (Wildman–Crippen LogP) is 16.2. The van der Waals surface area contributed by atoms with E-state index >= 15 is 0 Å². The summed E-state index contributed by atoms with van der Waals surface area (Å²) in [7, 11) is 0. The molecule has 0 unspecified atom stereocenters. The Morgan fingerprint density at radius 1 is 0.333 bits per heavy atom. The first-order valence-corrected chi connectivity index (χ1v) is 29.4. The molecule has 0 bridgehead atoms. The van der Waals surface area contributed by atoms with Gasteiger partial charge in [0.1, 0.15) is 0 Å². The summed E-state index contributed by atoms with van der Waals surface area (Å²) in [6.07, 6.45) is 0. The van der Waals surface area contributed by atoms with Gasteiger partial charge in [0.2, 0.25) is 13.4 Å². The van der Waals surface area contributed by atoms with Crippen molar-refractivity contribution >= 4 is 63.3 Å². The number of benzene rings is 9. The lowest BCUT2D eigenvalue weighted by Gasteiger charge is -2.45. The molecule has 1 aliphatic carbocycles. The number of fused-ring (bicyclic) bond motifs is 11. The summed E-state index contributed by atoms with van der Waals surface area (Å²) < 4.78 is 0. The first-order chi connectivity index (χ1) is 37.5. The molecule has 0 aromatic heterocycles. The summed E-state index contributed by atoms with van der Waals surface area (Å²) in [4.78, 5) is 2.57. The molecule has 3 aliphatic rings. The van der Waals surface area contributed by atoms with E-state index in [-0.39, 0.29) is 13.4 Å². The molecule has 0 radical (unpaired) electrons. The number of anilines is 3. The fourth-order valence-electron chi connectivity index (χ4n) is 14.4. The number of aryl methyl sites for hydroxylation is 2. The Morgan fingerprint density at radius 2 is 0.744 bits per heavy atom. The Labute approximate surface area is 468 Å². The van der Waals surface area contributed by atoms with E-state index in [1.54, 1.807) is 0 Å². The fraction of sp³-hybridized carbons (Fsp3) is 0.280. The largest absolute Gasteiger partial charge is 0.310 e. The van der Waals surface area contributed by atoms with Crippen molar-refractivity contribution < 1.29 is 0 Å². The summed E-state index contributed by atoms with van der Waals surface area (Å²) >= 11 is 0. The van der Waals surface area contributed by atoms with E-state index in [0.29, 0.717) is 35.5 Å². The molecular formula is C75H77B2N. The Kier molecular flexibility index (Phi) is 13.0. The standard InChI is InChI=1S/C75H77B2N/c1-44(2)54-39-59(46(5)6)73(60(40-54)47(7)8)76-67-28-19-20-29-68(67)77(74-61(48(9)10)41-55(45(3)4)42-62(74)49(11)12)70-43-53(32-33-69(70)76)52-22-21-23-56(38-52)78-71-34-30-50(13)36-65(71)75(66-37-51(14)31-35-72(66)78)63-26-17-15-24-57(63)58-25-16-18-27-64(58)75/h15-49H,1-14H3. The molecule has 3 heteroatoms. The van der Waals surface area contributed by atoms with Crippen molar-refractivity contribution in [3.8, 4) is 22.3 Å².